The van der Waals surface area contributed by atoms with Crippen LogP contribution >= 0.6 is 0 Å². The normalized spacial score (nSPS) is 19.7. The molecular formula is C37H29F3N2O3. The number of para-hydroxylation sites is 1. The molecule has 8 heteroatoms. The highest BCUT2D eigenvalue weighted by atomic mass is 19.2. The Bertz CT molecular complexity index is 2020. The number of benzene rings is 4. The maximum Gasteiger partial charge on any atom is 0.307 e. The molecule has 7 rings (SSSR count). The topological polar surface area (TPSA) is 71.8 Å². The fraction of sp³-hybridized carbons (Fsp3) is 0.216. The predicted molar refractivity (Wildman–Crippen MR) is 166 cm³/mol. The van der Waals surface area contributed by atoms with E-state index in [1.54, 1.807) is 12.1 Å². The Morgan fingerprint density at radius 3 is 2.36 bits per heavy atom. The number of fused-ring (bicyclic) bond motifs is 2. The van der Waals surface area contributed by atoms with Gasteiger partial charge in [0.1, 0.15) is 18.2 Å². The summed E-state index contributed by atoms with van der Waals surface area (Å²) in [6, 6.07) is 25.5. The van der Waals surface area contributed by atoms with Crippen LogP contribution in [0.25, 0.3) is 22.0 Å². The van der Waals surface area contributed by atoms with Gasteiger partial charge in [0.25, 0.3) is 0 Å². The zero-order chi connectivity index (χ0) is 31.5. The van der Waals surface area contributed by atoms with Crippen molar-refractivity contribution in [2.45, 2.75) is 32.8 Å². The van der Waals surface area contributed by atoms with Gasteiger partial charge in [0, 0.05) is 29.0 Å². The van der Waals surface area contributed by atoms with Gasteiger partial charge < -0.3 is 9.84 Å². The Morgan fingerprint density at radius 1 is 0.867 bits per heavy atom. The summed E-state index contributed by atoms with van der Waals surface area (Å²) in [6.45, 7) is 4.10. The summed E-state index contributed by atoms with van der Waals surface area (Å²) in [4.78, 5) is 21.7. The lowest BCUT2D eigenvalue weighted by Gasteiger charge is -2.17. The molecule has 3 atom stereocenters. The van der Waals surface area contributed by atoms with Gasteiger partial charge in [0.05, 0.1) is 22.8 Å². The SMILES string of the molecule is CC1(C)[C@H](C2=Nc3cc(OCc4ccc5ccccc5n4)ccc3C2Cc2ccc(-c3ccc(F)c(F)c3)cc2F)[C@@H]1C(=O)O. The molecule has 1 unspecified atom stereocenters. The Morgan fingerprint density at radius 2 is 1.62 bits per heavy atom. The van der Waals surface area contributed by atoms with Crippen LogP contribution < -0.4 is 4.74 Å². The molecule has 5 nitrogen and oxygen atoms in total. The van der Waals surface area contributed by atoms with Gasteiger partial charge in [0.2, 0.25) is 0 Å². The molecule has 226 valence electrons. The van der Waals surface area contributed by atoms with E-state index >= 15 is 4.39 Å². The van der Waals surface area contributed by atoms with Crippen molar-refractivity contribution >= 4 is 28.3 Å². The standard InChI is InChI=1S/C37H29F3N2O3/c1-37(2)33(34(37)36(43)44)35-27(15-23-8-7-21(16-29(23)39)22-10-14-28(38)30(40)17-22)26-13-12-25(18-32(26)42-35)45-19-24-11-9-20-5-3-4-6-31(20)41-24/h3-14,16-18,27,33-34H,15,19H2,1-2H3,(H,43,44)/t27?,33-,34+/m0/s1. The monoisotopic (exact) mass is 606 g/mol. The summed E-state index contributed by atoms with van der Waals surface area (Å²) in [5, 5.41) is 11.0. The fourth-order valence-corrected chi connectivity index (χ4v) is 6.67. The third kappa shape index (κ3) is 5.24. The van der Waals surface area contributed by atoms with Gasteiger partial charge in [-0.2, -0.15) is 0 Å². The van der Waals surface area contributed by atoms with Crippen LogP contribution in [0.5, 0.6) is 5.75 Å². The van der Waals surface area contributed by atoms with Crippen molar-refractivity contribution in [3.63, 3.8) is 0 Å². The average molecular weight is 607 g/mol. The molecule has 1 N–H and O–H groups in total. The number of aliphatic carboxylic acids is 1. The van der Waals surface area contributed by atoms with Crippen LogP contribution in [0.3, 0.4) is 0 Å². The molecule has 0 radical (unpaired) electrons. The number of hydrogen-bond donors (Lipinski definition) is 1. The first kappa shape index (κ1) is 28.8. The maximum absolute atomic E-state index is 15.5. The number of hydrogen-bond acceptors (Lipinski definition) is 4. The molecule has 45 heavy (non-hydrogen) atoms. The maximum atomic E-state index is 15.5. The molecule has 1 saturated carbocycles. The van der Waals surface area contributed by atoms with Crippen molar-refractivity contribution in [3.8, 4) is 16.9 Å². The number of carbonyl (C=O) groups is 1. The summed E-state index contributed by atoms with van der Waals surface area (Å²) in [5.41, 5.74) is 4.64. The first-order chi connectivity index (χ1) is 21.6. The molecule has 0 amide bonds. The van der Waals surface area contributed by atoms with Crippen LogP contribution in [0, 0.1) is 34.7 Å². The zero-order valence-electron chi connectivity index (χ0n) is 24.6. The minimum absolute atomic E-state index is 0.260. The smallest absolute Gasteiger partial charge is 0.307 e. The van der Waals surface area contributed by atoms with E-state index in [9.17, 15) is 18.7 Å². The highest BCUT2D eigenvalue weighted by Gasteiger charge is 2.65. The zero-order valence-corrected chi connectivity index (χ0v) is 24.6. The van der Waals surface area contributed by atoms with Crippen LogP contribution in [0.15, 0.2) is 96.0 Å². The van der Waals surface area contributed by atoms with E-state index in [1.165, 1.54) is 12.1 Å². The number of rotatable bonds is 8. The molecule has 1 fully saturated rings. The van der Waals surface area contributed by atoms with Crippen LogP contribution in [0.4, 0.5) is 18.9 Å². The highest BCUT2D eigenvalue weighted by molar-refractivity contribution is 6.05. The summed E-state index contributed by atoms with van der Waals surface area (Å²) in [6.07, 6.45) is 0.260. The molecule has 0 spiro atoms. The van der Waals surface area contributed by atoms with Crippen molar-refractivity contribution < 1.29 is 27.8 Å². The quantitative estimate of drug-likeness (QED) is 0.192. The molecule has 0 bridgehead atoms. The number of pyridine rings is 1. The molecule has 1 aromatic heterocycles. The Balaban J connectivity index is 1.17. The van der Waals surface area contributed by atoms with Crippen LogP contribution in [0.1, 0.15) is 36.6 Å². The molecule has 2 heterocycles. The predicted octanol–water partition coefficient (Wildman–Crippen LogP) is 8.67. The van der Waals surface area contributed by atoms with Gasteiger partial charge >= 0.3 is 5.97 Å². The number of ether oxygens (including phenoxy) is 1. The lowest BCUT2D eigenvalue weighted by atomic mass is 9.85. The Kier molecular flexibility index (Phi) is 6.95. The number of halogens is 3. The van der Waals surface area contributed by atoms with E-state index in [0.717, 1.165) is 40.0 Å². The van der Waals surface area contributed by atoms with Crippen molar-refractivity contribution in [2.24, 2.45) is 22.2 Å². The van der Waals surface area contributed by atoms with Gasteiger partial charge in [-0.05, 0) is 70.5 Å². The van der Waals surface area contributed by atoms with Gasteiger partial charge in [-0.25, -0.2) is 18.2 Å². The van der Waals surface area contributed by atoms with Crippen molar-refractivity contribution in [2.75, 3.05) is 0 Å². The third-order valence-electron chi connectivity index (χ3n) is 9.17. The highest BCUT2D eigenvalue weighted by Crippen LogP contribution is 2.62. The number of nitrogens with zero attached hydrogens (tertiary/aromatic N) is 2. The molecule has 4 aromatic carbocycles. The molecule has 1 aliphatic heterocycles. The van der Waals surface area contributed by atoms with E-state index in [4.69, 9.17) is 9.73 Å². The Labute approximate surface area is 258 Å². The van der Waals surface area contributed by atoms with E-state index in [0.29, 0.717) is 28.1 Å². The number of carboxylic acid groups (broad SMARTS) is 1. The number of aromatic nitrogens is 1. The van der Waals surface area contributed by atoms with Gasteiger partial charge in [-0.1, -0.05) is 62.4 Å². The van der Waals surface area contributed by atoms with E-state index in [2.05, 4.69) is 4.98 Å². The lowest BCUT2D eigenvalue weighted by molar-refractivity contribution is -0.139. The molecule has 1 aliphatic carbocycles. The van der Waals surface area contributed by atoms with Gasteiger partial charge in [-0.15, -0.1) is 0 Å². The average Bonchev–Trinajstić information content (AvgIpc) is 3.44. The lowest BCUT2D eigenvalue weighted by Crippen LogP contribution is -2.17. The summed E-state index contributed by atoms with van der Waals surface area (Å²) in [7, 11) is 0. The summed E-state index contributed by atoms with van der Waals surface area (Å²) < 4.78 is 48.9. The first-order valence-corrected chi connectivity index (χ1v) is 14.8. The van der Waals surface area contributed by atoms with Crippen molar-refractivity contribution in [1.82, 2.24) is 4.98 Å². The van der Waals surface area contributed by atoms with Crippen LogP contribution in [-0.4, -0.2) is 21.8 Å². The van der Waals surface area contributed by atoms with Gasteiger partial charge in [0.15, 0.2) is 11.6 Å². The molecule has 2 aliphatic rings. The Hall–Kier alpha value is -4.98. The van der Waals surface area contributed by atoms with Crippen LogP contribution in [0.2, 0.25) is 0 Å². The largest absolute Gasteiger partial charge is 0.487 e. The third-order valence-corrected chi connectivity index (χ3v) is 9.17. The fourth-order valence-electron chi connectivity index (χ4n) is 6.67. The van der Waals surface area contributed by atoms with Crippen LogP contribution in [-0.2, 0) is 17.8 Å². The van der Waals surface area contributed by atoms with E-state index < -0.39 is 34.8 Å². The second kappa shape index (κ2) is 10.9. The number of aliphatic imine (C=N–C) groups is 1. The molecule has 5 aromatic rings. The van der Waals surface area contributed by atoms with Crippen molar-refractivity contribution in [1.29, 1.82) is 0 Å². The van der Waals surface area contributed by atoms with E-state index in [1.807, 2.05) is 68.4 Å². The van der Waals surface area contributed by atoms with Gasteiger partial charge in [-0.3, -0.25) is 9.79 Å². The van der Waals surface area contributed by atoms with E-state index in [-0.39, 0.29) is 24.9 Å². The second-order valence-electron chi connectivity index (χ2n) is 12.3. The second-order valence-corrected chi connectivity index (χ2v) is 12.3. The minimum atomic E-state index is -1.00. The number of carboxylic acids is 1. The van der Waals surface area contributed by atoms with Crippen molar-refractivity contribution in [3.05, 3.63) is 125 Å². The minimum Gasteiger partial charge on any atom is -0.487 e. The molecular weight excluding hydrogens is 577 g/mol. The molecule has 0 saturated heterocycles. The summed E-state index contributed by atoms with van der Waals surface area (Å²) in [5.74, 6) is -3.98. The first-order valence-electron chi connectivity index (χ1n) is 14.8. The summed E-state index contributed by atoms with van der Waals surface area (Å²) >= 11 is 0.